The van der Waals surface area contributed by atoms with Crippen LogP contribution in [0.5, 0.6) is 5.75 Å². The van der Waals surface area contributed by atoms with Gasteiger partial charge < -0.3 is 9.64 Å². The van der Waals surface area contributed by atoms with Crippen LogP contribution in [-0.4, -0.2) is 34.8 Å². The molecule has 0 atom stereocenters. The maximum absolute atomic E-state index is 6.63. The average molecular weight is 449 g/mol. The first-order valence-corrected chi connectivity index (χ1v) is 11.0. The number of rotatable bonds is 7. The third-order valence-electron chi connectivity index (χ3n) is 5.84. The van der Waals surface area contributed by atoms with Crippen molar-refractivity contribution in [3.8, 4) is 16.9 Å². The lowest BCUT2D eigenvalue weighted by molar-refractivity contribution is 0.415. The van der Waals surface area contributed by atoms with E-state index >= 15 is 0 Å². The second-order valence-electron chi connectivity index (χ2n) is 7.69. The summed E-state index contributed by atoms with van der Waals surface area (Å²) in [5.74, 6) is 1.97. The monoisotopic (exact) mass is 448 g/mol. The fourth-order valence-corrected chi connectivity index (χ4v) is 4.61. The van der Waals surface area contributed by atoms with Gasteiger partial charge in [0.2, 0.25) is 0 Å². The molecular formula is C23H30Cl2N4O. The van der Waals surface area contributed by atoms with E-state index in [4.69, 9.17) is 26.4 Å². The Hall–Kier alpha value is -1.98. The predicted molar refractivity (Wildman–Crippen MR) is 127 cm³/mol. The smallest absolute Gasteiger partial charge is 0.165 e. The minimum absolute atomic E-state index is 0. The molecule has 0 N–H and O–H groups in total. The molecule has 0 amide bonds. The molecule has 5 nitrogen and oxygen atoms in total. The number of hydrogen-bond acceptors (Lipinski definition) is 4. The van der Waals surface area contributed by atoms with Crippen molar-refractivity contribution < 1.29 is 4.74 Å². The highest BCUT2D eigenvalue weighted by Gasteiger charge is 2.27. The van der Waals surface area contributed by atoms with Gasteiger partial charge in [0.15, 0.2) is 5.65 Å². The molecule has 7 heteroatoms. The summed E-state index contributed by atoms with van der Waals surface area (Å²) in [7, 11) is 1.65. The number of benzene rings is 1. The summed E-state index contributed by atoms with van der Waals surface area (Å²) in [5, 5.41) is 5.61. The lowest BCUT2D eigenvalue weighted by atomic mass is 10.1. The first-order valence-electron chi connectivity index (χ1n) is 10.6. The topological polar surface area (TPSA) is 42.7 Å². The molecule has 0 fully saturated rings. The molecule has 0 aliphatic heterocycles. The second-order valence-corrected chi connectivity index (χ2v) is 8.10. The van der Waals surface area contributed by atoms with Crippen LogP contribution in [0.1, 0.15) is 50.1 Å². The van der Waals surface area contributed by atoms with Gasteiger partial charge >= 0.3 is 0 Å². The third kappa shape index (κ3) is 3.85. The number of fused-ring (bicyclic) bond motifs is 2. The number of halogens is 2. The van der Waals surface area contributed by atoms with E-state index in [-0.39, 0.29) is 12.4 Å². The van der Waals surface area contributed by atoms with Gasteiger partial charge in [0, 0.05) is 29.9 Å². The van der Waals surface area contributed by atoms with Gasteiger partial charge in [-0.05, 0) is 57.7 Å². The van der Waals surface area contributed by atoms with Crippen molar-refractivity contribution in [2.45, 2.75) is 52.9 Å². The van der Waals surface area contributed by atoms with Crippen LogP contribution in [0.15, 0.2) is 18.2 Å². The quantitative estimate of drug-likeness (QED) is 0.450. The summed E-state index contributed by atoms with van der Waals surface area (Å²) in [5.41, 5.74) is 6.40. The van der Waals surface area contributed by atoms with E-state index in [9.17, 15) is 0 Å². The normalized spacial score (nSPS) is 12.7. The maximum atomic E-state index is 6.63. The summed E-state index contributed by atoms with van der Waals surface area (Å²) in [6, 6.07) is 5.81. The van der Waals surface area contributed by atoms with Crippen molar-refractivity contribution in [1.82, 2.24) is 14.6 Å². The number of nitrogens with zero attached hydrogens (tertiary/aromatic N) is 4. The molecule has 0 saturated carbocycles. The number of anilines is 1. The Morgan fingerprint density at radius 1 is 1.23 bits per heavy atom. The van der Waals surface area contributed by atoms with Gasteiger partial charge in [-0.3, -0.25) is 0 Å². The first-order chi connectivity index (χ1) is 14.1. The Morgan fingerprint density at radius 3 is 2.70 bits per heavy atom. The highest BCUT2D eigenvalue weighted by atomic mass is 35.5. The van der Waals surface area contributed by atoms with E-state index in [2.05, 4.69) is 23.3 Å². The lowest BCUT2D eigenvalue weighted by Crippen LogP contribution is -2.28. The zero-order valence-electron chi connectivity index (χ0n) is 18.2. The SMILES string of the molecule is CCCCN(CC)c1c2c(nc3c(-c4ccc(OC)cc4Cl)c(C)nn13)CCC2.Cl. The third-order valence-corrected chi connectivity index (χ3v) is 6.16. The number of aryl methyl sites for hydroxylation is 2. The largest absolute Gasteiger partial charge is 0.497 e. The first kappa shape index (κ1) is 22.7. The van der Waals surface area contributed by atoms with Crippen molar-refractivity contribution >= 4 is 35.5 Å². The Kier molecular flexibility index (Phi) is 7.14. The van der Waals surface area contributed by atoms with E-state index in [1.165, 1.54) is 29.9 Å². The zero-order valence-corrected chi connectivity index (χ0v) is 19.7. The molecule has 1 aliphatic carbocycles. The summed E-state index contributed by atoms with van der Waals surface area (Å²) >= 11 is 6.63. The number of unbranched alkanes of at least 4 members (excludes halogenated alkanes) is 1. The maximum Gasteiger partial charge on any atom is 0.165 e. The number of hydrogen-bond donors (Lipinski definition) is 0. The number of methoxy groups -OCH3 is 1. The van der Waals surface area contributed by atoms with E-state index in [0.717, 1.165) is 60.6 Å². The van der Waals surface area contributed by atoms with Crippen molar-refractivity contribution in [3.63, 3.8) is 0 Å². The molecule has 0 bridgehead atoms. The predicted octanol–water partition coefficient (Wildman–Crippen LogP) is 5.90. The van der Waals surface area contributed by atoms with E-state index in [1.54, 1.807) is 7.11 Å². The minimum Gasteiger partial charge on any atom is -0.497 e. The molecule has 0 unspecified atom stereocenters. The second kappa shape index (κ2) is 9.44. The molecule has 2 heterocycles. The molecule has 0 spiro atoms. The molecule has 0 radical (unpaired) electrons. The zero-order chi connectivity index (χ0) is 20.5. The molecule has 0 saturated heterocycles. The van der Waals surface area contributed by atoms with Crippen LogP contribution in [0.25, 0.3) is 16.8 Å². The highest BCUT2D eigenvalue weighted by Crippen LogP contribution is 2.39. The van der Waals surface area contributed by atoms with Crippen LogP contribution in [-0.2, 0) is 12.8 Å². The molecule has 30 heavy (non-hydrogen) atoms. The number of ether oxygens (including phenoxy) is 1. The summed E-state index contributed by atoms with van der Waals surface area (Å²) < 4.78 is 7.38. The van der Waals surface area contributed by atoms with E-state index < -0.39 is 0 Å². The van der Waals surface area contributed by atoms with Crippen molar-refractivity contribution in [2.75, 3.05) is 25.1 Å². The van der Waals surface area contributed by atoms with Gasteiger partial charge in [-0.25, -0.2) is 4.98 Å². The van der Waals surface area contributed by atoms with Crippen LogP contribution in [0.3, 0.4) is 0 Å². The average Bonchev–Trinajstić information content (AvgIpc) is 3.31. The van der Waals surface area contributed by atoms with Crippen molar-refractivity contribution in [3.05, 3.63) is 40.2 Å². The Balaban J connectivity index is 0.00000256. The van der Waals surface area contributed by atoms with E-state index in [1.807, 2.05) is 25.1 Å². The molecule has 162 valence electrons. The van der Waals surface area contributed by atoms with Gasteiger partial charge in [0.25, 0.3) is 0 Å². The molecular weight excluding hydrogens is 419 g/mol. The van der Waals surface area contributed by atoms with Gasteiger partial charge in [-0.2, -0.15) is 9.61 Å². The van der Waals surface area contributed by atoms with Gasteiger partial charge in [0.1, 0.15) is 11.6 Å². The molecule has 4 rings (SSSR count). The Bertz CT molecular complexity index is 1050. The molecule has 2 aromatic heterocycles. The standard InChI is InChI=1S/C23H29ClN4O.ClH/c1-5-7-13-27(6-2)23-18-9-8-10-20(18)25-22-21(15(3)26-28(22)23)17-12-11-16(29-4)14-19(17)24;/h11-12,14H,5-10,13H2,1-4H3;1H. The molecule has 1 aliphatic rings. The Labute approximate surface area is 189 Å². The Morgan fingerprint density at radius 2 is 2.03 bits per heavy atom. The lowest BCUT2D eigenvalue weighted by Gasteiger charge is -2.26. The minimum atomic E-state index is 0. The fourth-order valence-electron chi connectivity index (χ4n) is 4.34. The van der Waals surface area contributed by atoms with Crippen LogP contribution in [0.4, 0.5) is 5.82 Å². The van der Waals surface area contributed by atoms with Crippen LogP contribution >= 0.6 is 24.0 Å². The summed E-state index contributed by atoms with van der Waals surface area (Å²) in [6.07, 6.45) is 5.62. The van der Waals surface area contributed by atoms with Crippen LogP contribution in [0.2, 0.25) is 5.02 Å². The summed E-state index contributed by atoms with van der Waals surface area (Å²) in [6.45, 7) is 8.50. The fraction of sp³-hybridized carbons (Fsp3) is 0.478. The van der Waals surface area contributed by atoms with Gasteiger partial charge in [-0.15, -0.1) is 12.4 Å². The van der Waals surface area contributed by atoms with Crippen molar-refractivity contribution in [2.24, 2.45) is 0 Å². The van der Waals surface area contributed by atoms with Gasteiger partial charge in [-0.1, -0.05) is 24.9 Å². The number of aromatic nitrogens is 3. The highest BCUT2D eigenvalue weighted by molar-refractivity contribution is 6.33. The molecule has 3 aromatic rings. The van der Waals surface area contributed by atoms with Crippen LogP contribution in [0, 0.1) is 6.92 Å². The molecule has 1 aromatic carbocycles. The summed E-state index contributed by atoms with van der Waals surface area (Å²) in [4.78, 5) is 7.54. The van der Waals surface area contributed by atoms with Crippen LogP contribution < -0.4 is 9.64 Å². The van der Waals surface area contributed by atoms with Crippen molar-refractivity contribution in [1.29, 1.82) is 0 Å². The van der Waals surface area contributed by atoms with Gasteiger partial charge in [0.05, 0.1) is 23.4 Å². The van der Waals surface area contributed by atoms with E-state index in [0.29, 0.717) is 5.02 Å².